The number of nitrogens with zero attached hydrogens (tertiary/aromatic N) is 1. The predicted molar refractivity (Wildman–Crippen MR) is 80.8 cm³/mol. The first-order valence-corrected chi connectivity index (χ1v) is 9.87. The predicted octanol–water partition coefficient (Wildman–Crippen LogP) is 0.964. The minimum Gasteiger partial charge on any atom is -0.481 e. The SMILES string of the molecule is CCN(C(C)CC(=O)O)S(=O)(=O)c1ccc(S(C)(=O)=O)cc1. The van der Waals surface area contributed by atoms with E-state index in [0.717, 1.165) is 10.6 Å². The molecule has 0 aliphatic heterocycles. The molecular formula is C13H19NO6S2. The normalized spacial score (nSPS) is 14.0. The molecule has 0 saturated heterocycles. The molecule has 0 radical (unpaired) electrons. The van der Waals surface area contributed by atoms with Crippen LogP contribution in [0.25, 0.3) is 0 Å². The maximum Gasteiger partial charge on any atom is 0.304 e. The largest absolute Gasteiger partial charge is 0.481 e. The molecule has 0 spiro atoms. The second-order valence-corrected chi connectivity index (χ2v) is 8.81. The lowest BCUT2D eigenvalue weighted by Gasteiger charge is -2.26. The molecule has 0 heterocycles. The van der Waals surface area contributed by atoms with E-state index >= 15 is 0 Å². The number of carboxylic acids is 1. The van der Waals surface area contributed by atoms with E-state index in [1.54, 1.807) is 6.92 Å². The van der Waals surface area contributed by atoms with Gasteiger partial charge in [-0.2, -0.15) is 4.31 Å². The van der Waals surface area contributed by atoms with Crippen molar-refractivity contribution in [1.82, 2.24) is 4.31 Å². The highest BCUT2D eigenvalue weighted by atomic mass is 32.2. The Bertz CT molecular complexity index is 737. The number of carbonyl (C=O) groups is 1. The van der Waals surface area contributed by atoms with E-state index in [-0.39, 0.29) is 22.8 Å². The number of sulfonamides is 1. The summed E-state index contributed by atoms with van der Waals surface area (Å²) in [4.78, 5) is 10.7. The van der Waals surface area contributed by atoms with Crippen LogP contribution in [0, 0.1) is 0 Å². The fourth-order valence-corrected chi connectivity index (χ4v) is 4.34. The summed E-state index contributed by atoms with van der Waals surface area (Å²) < 4.78 is 48.9. The summed E-state index contributed by atoms with van der Waals surface area (Å²) in [5.41, 5.74) is 0. The summed E-state index contributed by atoms with van der Waals surface area (Å²) in [7, 11) is -7.29. The van der Waals surface area contributed by atoms with Gasteiger partial charge in [0.2, 0.25) is 10.0 Å². The van der Waals surface area contributed by atoms with Gasteiger partial charge in [0.1, 0.15) is 0 Å². The fraction of sp³-hybridized carbons (Fsp3) is 0.462. The van der Waals surface area contributed by atoms with E-state index in [1.807, 2.05) is 0 Å². The monoisotopic (exact) mass is 349 g/mol. The van der Waals surface area contributed by atoms with Crippen molar-refractivity contribution in [3.8, 4) is 0 Å². The van der Waals surface area contributed by atoms with Crippen LogP contribution in [0.5, 0.6) is 0 Å². The maximum absolute atomic E-state index is 12.5. The van der Waals surface area contributed by atoms with Crippen molar-refractivity contribution in [1.29, 1.82) is 0 Å². The van der Waals surface area contributed by atoms with Crippen LogP contribution in [-0.4, -0.2) is 51.1 Å². The minimum absolute atomic E-state index is 0.0214. The molecule has 1 unspecified atom stereocenters. The molecule has 0 aliphatic rings. The number of benzene rings is 1. The molecule has 9 heteroatoms. The first-order valence-electron chi connectivity index (χ1n) is 6.54. The van der Waals surface area contributed by atoms with Crippen molar-refractivity contribution in [2.45, 2.75) is 36.1 Å². The van der Waals surface area contributed by atoms with Crippen LogP contribution < -0.4 is 0 Å². The Labute approximate surface area is 130 Å². The zero-order valence-electron chi connectivity index (χ0n) is 12.6. The van der Waals surface area contributed by atoms with Gasteiger partial charge in [0.05, 0.1) is 16.2 Å². The first kappa shape index (κ1) is 18.6. The summed E-state index contributed by atoms with van der Waals surface area (Å²) in [5, 5.41) is 8.80. The van der Waals surface area contributed by atoms with Gasteiger partial charge in [-0.05, 0) is 31.2 Å². The summed E-state index contributed by atoms with van der Waals surface area (Å²) >= 11 is 0. The topological polar surface area (TPSA) is 109 Å². The molecule has 1 aromatic rings. The molecular weight excluding hydrogens is 330 g/mol. The molecule has 124 valence electrons. The molecule has 1 atom stereocenters. The summed E-state index contributed by atoms with van der Waals surface area (Å²) in [6, 6.07) is 4.15. The molecule has 0 fully saturated rings. The van der Waals surface area contributed by atoms with Gasteiger partial charge in [-0.15, -0.1) is 0 Å². The first-order chi connectivity index (χ1) is 10.00. The van der Waals surface area contributed by atoms with Crippen molar-refractivity contribution < 1.29 is 26.7 Å². The van der Waals surface area contributed by atoms with E-state index in [1.165, 1.54) is 31.2 Å². The Balaban J connectivity index is 3.19. The molecule has 0 amide bonds. The Hall–Kier alpha value is -1.45. The lowest BCUT2D eigenvalue weighted by atomic mass is 10.2. The molecule has 0 bridgehead atoms. The van der Waals surface area contributed by atoms with Crippen LogP contribution in [0.3, 0.4) is 0 Å². The lowest BCUT2D eigenvalue weighted by Crippen LogP contribution is -2.39. The molecule has 1 N–H and O–H groups in total. The Morgan fingerprint density at radius 1 is 1.14 bits per heavy atom. The lowest BCUT2D eigenvalue weighted by molar-refractivity contribution is -0.137. The number of carboxylic acid groups (broad SMARTS) is 1. The number of aliphatic carboxylic acids is 1. The smallest absolute Gasteiger partial charge is 0.304 e. The molecule has 1 rings (SSSR count). The Morgan fingerprint density at radius 3 is 1.95 bits per heavy atom. The summed E-state index contributed by atoms with van der Waals surface area (Å²) in [5.74, 6) is -1.09. The third-order valence-electron chi connectivity index (χ3n) is 3.13. The van der Waals surface area contributed by atoms with Gasteiger partial charge in [-0.25, -0.2) is 16.8 Å². The highest BCUT2D eigenvalue weighted by Crippen LogP contribution is 2.21. The molecule has 0 aromatic heterocycles. The standard InChI is InChI=1S/C13H19NO6S2/c1-4-14(10(2)9-13(15)16)22(19,20)12-7-5-11(6-8-12)21(3,17)18/h5-8,10H,4,9H2,1-3H3,(H,15,16). The van der Waals surface area contributed by atoms with Crippen molar-refractivity contribution in [3.63, 3.8) is 0 Å². The van der Waals surface area contributed by atoms with Gasteiger partial charge in [0.15, 0.2) is 9.84 Å². The van der Waals surface area contributed by atoms with Crippen molar-refractivity contribution in [3.05, 3.63) is 24.3 Å². The van der Waals surface area contributed by atoms with Crippen molar-refractivity contribution in [2.75, 3.05) is 12.8 Å². The van der Waals surface area contributed by atoms with E-state index in [9.17, 15) is 21.6 Å². The van der Waals surface area contributed by atoms with Gasteiger partial charge in [-0.1, -0.05) is 6.92 Å². The van der Waals surface area contributed by atoms with E-state index < -0.39 is 31.9 Å². The second-order valence-electron chi connectivity index (χ2n) is 4.90. The second kappa shape index (κ2) is 6.76. The fourth-order valence-electron chi connectivity index (χ4n) is 2.07. The number of hydrogen-bond donors (Lipinski definition) is 1. The summed E-state index contributed by atoms with van der Waals surface area (Å²) in [6.45, 7) is 3.24. The van der Waals surface area contributed by atoms with Gasteiger partial charge < -0.3 is 5.11 Å². The zero-order valence-corrected chi connectivity index (χ0v) is 14.2. The summed E-state index contributed by atoms with van der Waals surface area (Å²) in [6.07, 6.45) is 0.721. The molecule has 7 nitrogen and oxygen atoms in total. The van der Waals surface area contributed by atoms with E-state index in [4.69, 9.17) is 5.11 Å². The molecule has 22 heavy (non-hydrogen) atoms. The van der Waals surface area contributed by atoms with Crippen molar-refractivity contribution >= 4 is 25.8 Å². The molecule has 0 aliphatic carbocycles. The molecule has 1 aromatic carbocycles. The third-order valence-corrected chi connectivity index (χ3v) is 6.36. The average molecular weight is 349 g/mol. The third kappa shape index (κ3) is 4.28. The highest BCUT2D eigenvalue weighted by Gasteiger charge is 2.29. The Morgan fingerprint density at radius 2 is 1.59 bits per heavy atom. The quantitative estimate of drug-likeness (QED) is 0.785. The zero-order chi connectivity index (χ0) is 17.1. The van der Waals surface area contributed by atoms with Crippen molar-refractivity contribution in [2.24, 2.45) is 0 Å². The van der Waals surface area contributed by atoms with Gasteiger partial charge in [-0.3, -0.25) is 4.79 Å². The van der Waals surface area contributed by atoms with Crippen LogP contribution in [0.2, 0.25) is 0 Å². The van der Waals surface area contributed by atoms with Gasteiger partial charge in [0, 0.05) is 18.8 Å². The van der Waals surface area contributed by atoms with Gasteiger partial charge in [0.25, 0.3) is 0 Å². The van der Waals surface area contributed by atoms with Crippen LogP contribution in [0.4, 0.5) is 0 Å². The Kier molecular flexibility index (Phi) is 5.71. The van der Waals surface area contributed by atoms with E-state index in [0.29, 0.717) is 0 Å². The number of sulfone groups is 1. The van der Waals surface area contributed by atoms with Crippen LogP contribution in [0.1, 0.15) is 20.3 Å². The van der Waals surface area contributed by atoms with E-state index in [2.05, 4.69) is 0 Å². The van der Waals surface area contributed by atoms with Crippen LogP contribution in [0.15, 0.2) is 34.1 Å². The average Bonchev–Trinajstić information content (AvgIpc) is 2.37. The van der Waals surface area contributed by atoms with Gasteiger partial charge >= 0.3 is 5.97 Å². The minimum atomic E-state index is -3.88. The van der Waals surface area contributed by atoms with Crippen LogP contribution in [-0.2, 0) is 24.7 Å². The molecule has 0 saturated carbocycles. The number of rotatable bonds is 7. The number of hydrogen-bond acceptors (Lipinski definition) is 5. The highest BCUT2D eigenvalue weighted by molar-refractivity contribution is 7.90. The maximum atomic E-state index is 12.5. The van der Waals surface area contributed by atoms with Crippen LogP contribution >= 0.6 is 0 Å².